The van der Waals surface area contributed by atoms with E-state index in [9.17, 15) is 31.4 Å². The van der Waals surface area contributed by atoms with E-state index in [4.69, 9.17) is 9.47 Å². The van der Waals surface area contributed by atoms with Gasteiger partial charge in [-0.1, -0.05) is 12.1 Å². The van der Waals surface area contributed by atoms with Gasteiger partial charge >= 0.3 is 12.4 Å². The second-order valence-corrected chi connectivity index (χ2v) is 8.36. The molecule has 0 bridgehead atoms. The Kier molecular flexibility index (Phi) is 9.21. The van der Waals surface area contributed by atoms with E-state index in [0.717, 1.165) is 24.3 Å². The fourth-order valence-corrected chi connectivity index (χ4v) is 4.14. The minimum absolute atomic E-state index is 0.00116. The number of ether oxygens (including phenoxy) is 2. The number of alkyl halides is 6. The minimum atomic E-state index is -4.67. The molecule has 0 aliphatic carbocycles. The lowest BCUT2D eigenvalue weighted by molar-refractivity contribution is -0.140. The van der Waals surface area contributed by atoms with E-state index >= 15 is 0 Å². The SMILES string of the molecule is CCOC(CCCNCC(O)c1cc2ccc(C(F)(F)F)cc2c2cc(C(F)(F)F)ccc12)OCC. The van der Waals surface area contributed by atoms with E-state index in [0.29, 0.717) is 43.5 Å². The summed E-state index contributed by atoms with van der Waals surface area (Å²) < 4.78 is 91.0. The Morgan fingerprint density at radius 1 is 0.806 bits per heavy atom. The molecule has 3 rings (SSSR count). The van der Waals surface area contributed by atoms with Crippen molar-refractivity contribution in [2.75, 3.05) is 26.3 Å². The van der Waals surface area contributed by atoms with Crippen LogP contribution in [0.2, 0.25) is 0 Å². The summed E-state index contributed by atoms with van der Waals surface area (Å²) in [6, 6.07) is 7.37. The molecule has 0 amide bonds. The fourth-order valence-electron chi connectivity index (χ4n) is 4.14. The third-order valence-corrected chi connectivity index (χ3v) is 5.83. The third kappa shape index (κ3) is 6.88. The van der Waals surface area contributed by atoms with Gasteiger partial charge < -0.3 is 19.9 Å². The highest BCUT2D eigenvalue weighted by Crippen LogP contribution is 2.39. The number of benzene rings is 3. The molecule has 0 heterocycles. The summed E-state index contributed by atoms with van der Waals surface area (Å²) in [5.74, 6) is 0. The van der Waals surface area contributed by atoms with Crippen molar-refractivity contribution < 1.29 is 40.9 Å². The van der Waals surface area contributed by atoms with Crippen molar-refractivity contribution in [1.82, 2.24) is 5.32 Å². The van der Waals surface area contributed by atoms with Crippen LogP contribution in [0.1, 0.15) is 49.5 Å². The molecule has 0 fully saturated rings. The molecule has 0 aromatic heterocycles. The van der Waals surface area contributed by atoms with Crippen LogP contribution in [0.15, 0.2) is 42.5 Å². The van der Waals surface area contributed by atoms with E-state index in [1.165, 1.54) is 18.2 Å². The van der Waals surface area contributed by atoms with Crippen LogP contribution in [0.3, 0.4) is 0 Å². The summed E-state index contributed by atoms with van der Waals surface area (Å²) in [4.78, 5) is 0. The Hall–Kier alpha value is -2.40. The van der Waals surface area contributed by atoms with Crippen molar-refractivity contribution in [2.45, 2.75) is 51.4 Å². The predicted molar refractivity (Wildman–Crippen MR) is 126 cm³/mol. The molecule has 3 aromatic rings. The summed E-state index contributed by atoms with van der Waals surface area (Å²) in [6.07, 6.45) is -9.38. The first-order valence-electron chi connectivity index (χ1n) is 11.7. The van der Waals surface area contributed by atoms with Crippen LogP contribution in [0.4, 0.5) is 26.3 Å². The molecule has 198 valence electrons. The number of hydrogen-bond donors (Lipinski definition) is 2. The van der Waals surface area contributed by atoms with Gasteiger partial charge in [0.15, 0.2) is 6.29 Å². The Labute approximate surface area is 205 Å². The van der Waals surface area contributed by atoms with Crippen LogP contribution < -0.4 is 5.32 Å². The number of aliphatic hydroxyl groups is 1. The van der Waals surface area contributed by atoms with Crippen LogP contribution in [0.25, 0.3) is 21.5 Å². The molecule has 1 atom stereocenters. The zero-order valence-corrected chi connectivity index (χ0v) is 20.0. The summed E-state index contributed by atoms with van der Waals surface area (Å²) in [5.41, 5.74) is -1.60. The van der Waals surface area contributed by atoms with Gasteiger partial charge in [0.25, 0.3) is 0 Å². The van der Waals surface area contributed by atoms with Crippen molar-refractivity contribution >= 4 is 21.5 Å². The monoisotopic (exact) mass is 517 g/mol. The normalized spacial score (nSPS) is 13.7. The van der Waals surface area contributed by atoms with Gasteiger partial charge in [-0.3, -0.25) is 0 Å². The Bertz CT molecular complexity index is 1160. The minimum Gasteiger partial charge on any atom is -0.387 e. The Morgan fingerprint density at radius 3 is 1.97 bits per heavy atom. The molecule has 36 heavy (non-hydrogen) atoms. The van der Waals surface area contributed by atoms with E-state index in [1.54, 1.807) is 0 Å². The number of halogens is 6. The van der Waals surface area contributed by atoms with Crippen molar-refractivity contribution in [3.63, 3.8) is 0 Å². The molecular formula is C26H29F6NO3. The van der Waals surface area contributed by atoms with Crippen molar-refractivity contribution in [3.8, 4) is 0 Å². The standard InChI is InChI=1S/C26H29F6NO3/c1-3-35-24(36-4-2)6-5-11-33-15-23(34)22-12-16-7-8-17(25(27,28)29)13-20(16)21-14-18(26(30,31)32)9-10-19(21)22/h7-10,12-14,23-24,33-34H,3-6,11,15H2,1-2H3. The molecule has 1 unspecified atom stereocenters. The maximum absolute atomic E-state index is 13.4. The van der Waals surface area contributed by atoms with Gasteiger partial charge in [0, 0.05) is 19.8 Å². The average molecular weight is 518 g/mol. The first-order chi connectivity index (χ1) is 17.0. The number of nitrogens with one attached hydrogen (secondary N) is 1. The van der Waals surface area contributed by atoms with Crippen LogP contribution in [0.5, 0.6) is 0 Å². The van der Waals surface area contributed by atoms with Crippen molar-refractivity contribution in [3.05, 3.63) is 59.2 Å². The van der Waals surface area contributed by atoms with E-state index in [2.05, 4.69) is 5.32 Å². The van der Waals surface area contributed by atoms with Gasteiger partial charge in [-0.25, -0.2) is 0 Å². The van der Waals surface area contributed by atoms with Crippen molar-refractivity contribution in [2.24, 2.45) is 0 Å². The molecule has 10 heteroatoms. The van der Waals surface area contributed by atoms with Crippen LogP contribution in [-0.4, -0.2) is 37.7 Å². The topological polar surface area (TPSA) is 50.7 Å². The number of aliphatic hydroxyl groups excluding tert-OH is 1. The van der Waals surface area contributed by atoms with Gasteiger partial charge in [0.2, 0.25) is 0 Å². The molecule has 0 radical (unpaired) electrons. The second-order valence-electron chi connectivity index (χ2n) is 8.36. The first-order valence-corrected chi connectivity index (χ1v) is 11.7. The summed E-state index contributed by atoms with van der Waals surface area (Å²) >= 11 is 0. The summed E-state index contributed by atoms with van der Waals surface area (Å²) in [6.45, 7) is 5.42. The van der Waals surface area contributed by atoms with Crippen LogP contribution in [0, 0.1) is 0 Å². The molecule has 2 N–H and O–H groups in total. The molecule has 0 spiro atoms. The number of hydrogen-bond acceptors (Lipinski definition) is 4. The van der Waals surface area contributed by atoms with Gasteiger partial charge in [-0.15, -0.1) is 0 Å². The number of fused-ring (bicyclic) bond motifs is 3. The van der Waals surface area contributed by atoms with Gasteiger partial charge in [-0.2, -0.15) is 26.3 Å². The molecular weight excluding hydrogens is 488 g/mol. The zero-order valence-electron chi connectivity index (χ0n) is 20.0. The fraction of sp³-hybridized carbons (Fsp3) is 0.462. The molecule has 4 nitrogen and oxygen atoms in total. The Balaban J connectivity index is 1.88. The lowest BCUT2D eigenvalue weighted by Gasteiger charge is -2.19. The molecule has 3 aromatic carbocycles. The molecule has 0 saturated heterocycles. The smallest absolute Gasteiger partial charge is 0.387 e. The van der Waals surface area contributed by atoms with E-state index in [-0.39, 0.29) is 29.0 Å². The summed E-state index contributed by atoms with van der Waals surface area (Å²) in [5, 5.41) is 14.6. The van der Waals surface area contributed by atoms with Crippen LogP contribution in [-0.2, 0) is 21.8 Å². The lowest BCUT2D eigenvalue weighted by Crippen LogP contribution is -2.25. The highest BCUT2D eigenvalue weighted by molar-refractivity contribution is 6.09. The molecule has 0 aliphatic heterocycles. The molecule has 0 aliphatic rings. The predicted octanol–water partition coefficient (Wildman–Crippen LogP) is 6.83. The van der Waals surface area contributed by atoms with Gasteiger partial charge in [0.05, 0.1) is 17.2 Å². The second kappa shape index (κ2) is 11.8. The van der Waals surface area contributed by atoms with Crippen LogP contribution >= 0.6 is 0 Å². The van der Waals surface area contributed by atoms with Crippen molar-refractivity contribution in [1.29, 1.82) is 0 Å². The highest BCUT2D eigenvalue weighted by atomic mass is 19.4. The Morgan fingerprint density at radius 2 is 1.39 bits per heavy atom. The zero-order chi connectivity index (χ0) is 26.5. The lowest BCUT2D eigenvalue weighted by atomic mass is 9.92. The quantitative estimate of drug-likeness (QED) is 0.127. The van der Waals surface area contributed by atoms with E-state index < -0.39 is 29.6 Å². The van der Waals surface area contributed by atoms with Gasteiger partial charge in [-0.05, 0) is 90.7 Å². The van der Waals surface area contributed by atoms with E-state index in [1.807, 2.05) is 13.8 Å². The third-order valence-electron chi connectivity index (χ3n) is 5.83. The summed E-state index contributed by atoms with van der Waals surface area (Å²) in [7, 11) is 0. The largest absolute Gasteiger partial charge is 0.416 e. The maximum atomic E-state index is 13.4. The number of rotatable bonds is 11. The first kappa shape index (κ1) is 28.2. The average Bonchev–Trinajstić information content (AvgIpc) is 2.81. The van der Waals surface area contributed by atoms with Gasteiger partial charge in [0.1, 0.15) is 0 Å². The maximum Gasteiger partial charge on any atom is 0.416 e. The highest BCUT2D eigenvalue weighted by Gasteiger charge is 2.32. The molecule has 0 saturated carbocycles.